The number of hydrogen-bond donors (Lipinski definition) is 6. The summed E-state index contributed by atoms with van der Waals surface area (Å²) >= 11 is 12.1. The highest BCUT2D eigenvalue weighted by Crippen LogP contribution is 2.37. The maximum Gasteiger partial charge on any atom is 0.188 e. The van der Waals surface area contributed by atoms with Crippen LogP contribution in [0, 0.1) is 16.9 Å². The molecule has 0 fully saturated rings. The predicted octanol–water partition coefficient (Wildman–Crippen LogP) is 27.1. The molecular formula is C112H109ClFI3N10O14. The molecule has 17 rings (SSSR count). The highest BCUT2D eigenvalue weighted by atomic mass is 127. The first-order chi connectivity index (χ1) is 67.6. The van der Waals surface area contributed by atoms with Gasteiger partial charge in [-0.15, -0.1) is 0 Å². The summed E-state index contributed by atoms with van der Waals surface area (Å²) < 4.78 is 47.1. The van der Waals surface area contributed by atoms with Crippen molar-refractivity contribution in [3.8, 4) is 131 Å². The first-order valence-electron chi connectivity index (χ1n) is 43.3. The zero-order valence-electron chi connectivity index (χ0n) is 76.9. The summed E-state index contributed by atoms with van der Waals surface area (Å²) in [6.45, 7) is 8.58. The van der Waals surface area contributed by atoms with Gasteiger partial charge >= 0.3 is 0 Å². The van der Waals surface area contributed by atoms with E-state index in [1.54, 1.807) is 99.5 Å². The fourth-order valence-corrected chi connectivity index (χ4v) is 13.7. The summed E-state index contributed by atoms with van der Waals surface area (Å²) in [5.74, 6) is 2.35. The monoisotopic (exact) mass is 2250 g/mol. The number of rotatable bonds is 24. The van der Waals surface area contributed by atoms with Crippen LogP contribution in [0.15, 0.2) is 351 Å². The molecule has 17 aromatic rings. The second-order valence-electron chi connectivity index (χ2n) is 28.9. The molecule has 0 saturated carbocycles. The minimum absolute atomic E-state index is 0. The Morgan fingerprint density at radius 3 is 1.13 bits per heavy atom. The van der Waals surface area contributed by atoms with Crippen LogP contribution in [0.2, 0.25) is 5.02 Å². The van der Waals surface area contributed by atoms with Gasteiger partial charge in [0.15, 0.2) is 50.2 Å². The number of aryl methyl sites for hydroxylation is 4. The molecule has 0 unspecified atom stereocenters. The topological polar surface area (TPSA) is 339 Å². The lowest BCUT2D eigenvalue weighted by atomic mass is 10.1. The summed E-state index contributed by atoms with van der Waals surface area (Å²) in [5, 5.41) is 57.1. The van der Waals surface area contributed by atoms with Crippen molar-refractivity contribution >= 4 is 104 Å². The average Bonchev–Trinajstić information content (AvgIpc) is 0.787. The molecule has 0 radical (unpaired) electrons. The van der Waals surface area contributed by atoms with Crippen LogP contribution < -0.4 is 14.2 Å². The number of hydrogen-bond acceptors (Lipinski definition) is 24. The molecule has 9 heterocycles. The van der Waals surface area contributed by atoms with Gasteiger partial charge in [0.05, 0.1) is 28.0 Å². The van der Waals surface area contributed by atoms with E-state index in [1.807, 2.05) is 280 Å². The number of carbonyl (C=O) groups excluding carboxylic acids is 2. The molecule has 9 aromatic heterocycles. The van der Waals surface area contributed by atoms with Gasteiger partial charge in [0, 0.05) is 113 Å². The van der Waals surface area contributed by atoms with Crippen LogP contribution in [0.4, 0.5) is 10.1 Å². The highest BCUT2D eigenvalue weighted by molar-refractivity contribution is 14.1. The largest absolute Gasteiger partial charge is 0.506 e. The van der Waals surface area contributed by atoms with E-state index in [0.29, 0.717) is 61.0 Å². The van der Waals surface area contributed by atoms with Gasteiger partial charge in [-0.1, -0.05) is 266 Å². The fraction of sp³-hybridized carbons (Fsp3) is 0.143. The zero-order valence-corrected chi connectivity index (χ0v) is 84.1. The smallest absolute Gasteiger partial charge is 0.188 e. The number of pyridine rings is 9. The van der Waals surface area contributed by atoms with Crippen molar-refractivity contribution in [1.29, 1.82) is 0 Å². The number of aliphatic imine (C=N–C) groups is 1. The van der Waals surface area contributed by atoms with Crippen LogP contribution in [0.3, 0.4) is 0 Å². The average molecular weight is 2250 g/mol. The van der Waals surface area contributed by atoms with Crippen molar-refractivity contribution in [2.75, 3.05) is 41.7 Å². The van der Waals surface area contributed by atoms with Gasteiger partial charge in [0.1, 0.15) is 91.3 Å². The summed E-state index contributed by atoms with van der Waals surface area (Å²) in [6, 6.07) is 98.2. The first-order valence-corrected chi connectivity index (χ1v) is 46.9. The van der Waals surface area contributed by atoms with Gasteiger partial charge in [-0.2, -0.15) is 0 Å². The van der Waals surface area contributed by atoms with E-state index in [1.165, 1.54) is 37.7 Å². The maximum absolute atomic E-state index is 13.2. The lowest BCUT2D eigenvalue weighted by Crippen LogP contribution is -2.06. The summed E-state index contributed by atoms with van der Waals surface area (Å²) in [6.07, 6.45) is 12.4. The van der Waals surface area contributed by atoms with Crippen molar-refractivity contribution < 1.29 is 73.0 Å². The molecule has 726 valence electrons. The van der Waals surface area contributed by atoms with Gasteiger partial charge in [-0.25, -0.2) is 39.3 Å². The Bertz CT molecular complexity index is 6640. The standard InChI is InChI=1S/C20H16ClFN2O.C16H17NO3.C15H17NO2.C14H13NO2.C13H12INO2.C11H8INO.C11H9NO.C5H4INO.C5H5NO.2CH4/c1-2-15-10-14(12-23-16-8-9-18(22)17(21)11-16)20(25)19(24-15)13-6-4-3-5-7-13;1-3-14-9-13(10-18)16(20-11-19-2)15(17-14)12-7-5-4-6-8-12;1-3-13-9-10-14(18-11-17-2)15(16-13)12-7-5-4-6-8-12;1-2-12-8-11(9-16)14(17)13(15-12)10-6-4-3-5-7-10;1-16-9-17-11-7-8-12(14)15-13(11)10-5-3-2-4-6-10;12-10-7-6-9(14)11(13-10)8-4-2-1-3-5-8;13-10-7-4-8-12-11(10)9-5-2-1-3-6-9;6-5-4(8)2-1-3-7-5;7-5-2-1-3-6-4-5;;/h3-12,25H,2H2,1H3;4-10H,3,11H2,1-2H3;4-10H,3,11H2,1-2H3;3-9,17H,2H2,1H3;2-8H,9H2,1H3;1-7,14H;1-8,13H;1-3,8H;1-4,7H;2*1H4. The van der Waals surface area contributed by atoms with Crippen LogP contribution in [-0.2, 0) is 39.9 Å². The quantitative estimate of drug-likeness (QED) is 0.0108. The van der Waals surface area contributed by atoms with Crippen LogP contribution in [0.1, 0.15) is 91.6 Å². The number of ether oxygens (including phenoxy) is 6. The van der Waals surface area contributed by atoms with Crippen molar-refractivity contribution in [2.24, 2.45) is 4.99 Å². The van der Waals surface area contributed by atoms with E-state index in [4.69, 9.17) is 50.2 Å². The molecule has 0 aliphatic carbocycles. The predicted molar refractivity (Wildman–Crippen MR) is 582 cm³/mol. The van der Waals surface area contributed by atoms with E-state index in [-0.39, 0.29) is 80.3 Å². The number of methoxy groups -OCH3 is 3. The second kappa shape index (κ2) is 62.5. The van der Waals surface area contributed by atoms with Gasteiger partial charge < -0.3 is 59.1 Å². The maximum atomic E-state index is 13.2. The molecule has 0 bridgehead atoms. The third-order valence-corrected chi connectivity index (χ3v) is 21.6. The van der Waals surface area contributed by atoms with Gasteiger partial charge in [0.2, 0.25) is 0 Å². The Hall–Kier alpha value is -14.4. The van der Waals surface area contributed by atoms with Crippen molar-refractivity contribution in [3.05, 3.63) is 408 Å². The van der Waals surface area contributed by atoms with Crippen molar-refractivity contribution in [2.45, 2.75) is 68.2 Å². The lowest BCUT2D eigenvalue weighted by Gasteiger charge is -2.14. The van der Waals surface area contributed by atoms with Crippen LogP contribution in [0.5, 0.6) is 51.7 Å². The molecule has 0 amide bonds. The van der Waals surface area contributed by atoms with Crippen LogP contribution >= 0.6 is 79.4 Å². The second-order valence-corrected chi connectivity index (χ2v) is 32.6. The summed E-state index contributed by atoms with van der Waals surface area (Å²) in [7, 11) is 4.75. The normalized spacial score (nSPS) is 10.1. The third-order valence-electron chi connectivity index (χ3n) is 19.2. The number of carbonyl (C=O) groups is 2. The molecular weight excluding hydrogens is 2140 g/mol. The van der Waals surface area contributed by atoms with Crippen LogP contribution in [-0.4, -0.2) is 136 Å². The van der Waals surface area contributed by atoms with E-state index in [2.05, 4.69) is 102 Å². The molecule has 29 heteroatoms. The molecule has 8 aromatic carbocycles. The molecule has 0 aliphatic rings. The molecule has 0 atom stereocenters. The van der Waals surface area contributed by atoms with Gasteiger partial charge in [0.25, 0.3) is 0 Å². The van der Waals surface area contributed by atoms with E-state index < -0.39 is 5.82 Å². The Labute approximate surface area is 867 Å². The third kappa shape index (κ3) is 36.7. The molecule has 0 aliphatic heterocycles. The lowest BCUT2D eigenvalue weighted by molar-refractivity contribution is 0.0506. The van der Waals surface area contributed by atoms with Gasteiger partial charge in [-0.05, 0) is 203 Å². The summed E-state index contributed by atoms with van der Waals surface area (Å²) in [4.78, 5) is 64.9. The SMILES string of the molecule is C.C.CCc1cc(C=Nc2ccc(F)c(Cl)c2)c(O)c(-c2ccccc2)n1.CCc1cc(C=O)c(O)c(-c2ccccc2)n1.CCc1cc(C=O)c(OCOC)c(-c2ccccc2)n1.CCc1ccc(OCOC)c(-c2ccccc2)n1.COCOc1ccc(I)nc1-c1ccccc1.Oc1ccc(I)nc1-c1ccccc1.Oc1cccnc1.Oc1cccnc1-c1ccccc1.Oc1cccnc1I. The first kappa shape index (κ1) is 114. The number of benzene rings is 8. The van der Waals surface area contributed by atoms with Crippen LogP contribution in [0.25, 0.3) is 78.8 Å². The Morgan fingerprint density at radius 2 is 0.723 bits per heavy atom. The van der Waals surface area contributed by atoms with E-state index in [0.717, 1.165) is 124 Å². The van der Waals surface area contributed by atoms with E-state index in [9.17, 15) is 34.4 Å². The molecule has 0 saturated heterocycles. The minimum atomic E-state index is -0.494. The fourth-order valence-electron chi connectivity index (χ4n) is 12.4. The van der Waals surface area contributed by atoms with Crippen molar-refractivity contribution in [3.63, 3.8) is 0 Å². The number of nitrogens with zero attached hydrogens (tertiary/aromatic N) is 10. The molecule has 6 N–H and O–H groups in total. The van der Waals surface area contributed by atoms with Crippen molar-refractivity contribution in [1.82, 2.24) is 44.9 Å². The minimum Gasteiger partial charge on any atom is -0.506 e. The molecule has 24 nitrogen and oxygen atoms in total. The van der Waals surface area contributed by atoms with Gasteiger partial charge in [-0.3, -0.25) is 24.5 Å². The Kier molecular flexibility index (Phi) is 50.4. The zero-order chi connectivity index (χ0) is 99.5. The molecule has 141 heavy (non-hydrogen) atoms. The molecule has 0 spiro atoms. The number of halogens is 5. The highest BCUT2D eigenvalue weighted by Gasteiger charge is 2.19. The Morgan fingerprint density at radius 1 is 0.355 bits per heavy atom. The number of aldehydes is 2. The number of aromatic hydroxyl groups is 6. The number of aromatic nitrogens is 9. The summed E-state index contributed by atoms with van der Waals surface area (Å²) in [5.41, 5.74) is 16.5. The van der Waals surface area contributed by atoms with E-state index >= 15 is 0 Å². The Balaban J connectivity index is 0.000000219.